The Bertz CT molecular complexity index is 4460. The third-order valence-electron chi connectivity index (χ3n) is 22.4. The number of unbranched alkanes of at least 4 members (excludes halogenated alkanes) is 1. The zero-order chi connectivity index (χ0) is 103. The van der Waals surface area contributed by atoms with Gasteiger partial charge >= 0.3 is 5.97 Å². The van der Waals surface area contributed by atoms with Gasteiger partial charge in [-0.3, -0.25) is 72.1 Å². The fourth-order valence-corrected chi connectivity index (χ4v) is 16.8. The second-order valence-electron chi connectivity index (χ2n) is 34.0. The standard InChI is InChI=1S/C93H143N15O32S2/c1-5-71(46-109)140-86(126-4)48-139-85(119)19-10-18-83(117)99-29-33-141-142-34-32-128-51-130-53-132-55-134-57-136-59-138-60-137-58-135-56-133-54-131-52-129-50-127-31-26-84(118)98-27-9-8-15-74(79(113)39-64(35-61(2)3)88(121)105-75(16-11-28-100-93(95)96)92(125)108-30-12-17-78(108)91(124)102-45-82(94)116)104-89(122)65(36-62-20-23-69(111)24-21-62)40-81(115)77(47-110)107-90(123)66(37-67-43-101-73-14-7-6-13-72(67)73)41-80(114)76(42-68-44-97-49-103-68)106-87(120)63-22-25-70(112)38-63/h6-7,13-14,20-21,23-24,43-44,49,61,63-66,71,74-78,86,101,109-111H,5,8-12,15-19,22,25-42,45-48,50-60H2,1-4H3,(H2,94,116)(H,97,103)(H,98,118)(H,99,117)(H,102,124)(H,104,122)(H,105,121)(H,106,120)(H,107,123)(H4,95,96,100)/t63-,64-,65-,66-,71?,74?,75+,76+,77+,78-,86?/m0/s1. The van der Waals surface area contributed by atoms with Gasteiger partial charge in [-0.1, -0.05) is 72.7 Å². The molecule has 794 valence electrons. The van der Waals surface area contributed by atoms with Gasteiger partial charge in [0.2, 0.25) is 53.2 Å². The van der Waals surface area contributed by atoms with Gasteiger partial charge in [0.1, 0.15) is 49.9 Å². The summed E-state index contributed by atoms with van der Waals surface area (Å²) in [4.78, 5) is 208. The summed E-state index contributed by atoms with van der Waals surface area (Å²) in [5, 5.41) is 50.7. The molecule has 49 heteroatoms. The lowest BCUT2D eigenvalue weighted by molar-refractivity contribution is -0.234. The van der Waals surface area contributed by atoms with E-state index in [0.717, 1.165) is 10.9 Å². The van der Waals surface area contributed by atoms with Crippen molar-refractivity contribution < 1.29 is 153 Å². The Labute approximate surface area is 832 Å². The number of benzene rings is 2. The molecule has 1 aliphatic heterocycles. The minimum atomic E-state index is -1.69. The highest BCUT2D eigenvalue weighted by atomic mass is 33.1. The number of hydrogen-bond acceptors (Lipinski definition) is 36. The monoisotopic (exact) mass is 2050 g/mol. The number of aliphatic imine (C=N–C) groups is 1. The lowest BCUT2D eigenvalue weighted by Crippen LogP contribution is -2.55. The van der Waals surface area contributed by atoms with Gasteiger partial charge < -0.3 is 156 Å². The minimum Gasteiger partial charge on any atom is -0.508 e. The Kier molecular flexibility index (Phi) is 60.4. The Balaban J connectivity index is 0.944. The minimum absolute atomic E-state index is 0.00487. The van der Waals surface area contributed by atoms with E-state index in [1.54, 1.807) is 33.9 Å². The van der Waals surface area contributed by atoms with E-state index >= 15 is 9.59 Å². The van der Waals surface area contributed by atoms with E-state index in [1.807, 2.05) is 39.0 Å². The molecule has 3 unspecified atom stereocenters. The number of amides is 9. The maximum Gasteiger partial charge on any atom is 0.305 e. The first-order valence-electron chi connectivity index (χ1n) is 47.4. The topological polar surface area (TPSA) is 660 Å². The van der Waals surface area contributed by atoms with Gasteiger partial charge in [-0.2, -0.15) is 0 Å². The average molecular weight is 2050 g/mol. The van der Waals surface area contributed by atoms with E-state index in [2.05, 4.69) is 57.2 Å². The number of Topliss-reactive ketones (excluding diaryl/α,β-unsaturated/α-hetero) is 4. The molecular formula is C93H143N15O32S2. The average Bonchev–Trinajstić information content (AvgIpc) is 1.66. The lowest BCUT2D eigenvalue weighted by Gasteiger charge is -2.30. The fraction of sp³-hybridized carbons (Fsp3) is 0.656. The predicted octanol–water partition coefficient (Wildman–Crippen LogP) is 1.72. The van der Waals surface area contributed by atoms with Crippen LogP contribution in [-0.4, -0.2) is 325 Å². The number of ether oxygens (including phenoxy) is 15. The number of fused-ring (bicyclic) bond motifs is 1. The Hall–Kier alpha value is -10.3. The molecule has 1 aliphatic carbocycles. The molecule has 4 aromatic rings. The summed E-state index contributed by atoms with van der Waals surface area (Å²) < 4.78 is 78.8. The van der Waals surface area contributed by atoms with Crippen LogP contribution in [0.25, 0.3) is 10.9 Å². The second-order valence-corrected chi connectivity index (χ2v) is 36.7. The number of H-pyrrole nitrogens is 2. The van der Waals surface area contributed by atoms with E-state index in [-0.39, 0.29) is 240 Å². The molecule has 3 heterocycles. The van der Waals surface area contributed by atoms with Gasteiger partial charge in [0, 0.05) is 149 Å². The van der Waals surface area contributed by atoms with Crippen molar-refractivity contribution in [2.75, 3.05) is 159 Å². The molecule has 6 rings (SSSR count). The third kappa shape index (κ3) is 49.8. The Morgan fingerprint density at radius 3 is 1.77 bits per heavy atom. The van der Waals surface area contributed by atoms with Crippen molar-refractivity contribution in [3.05, 3.63) is 84.1 Å². The van der Waals surface area contributed by atoms with E-state index < -0.39 is 169 Å². The number of phenolic OH excluding ortho intramolecular Hbond substituents is 1. The van der Waals surface area contributed by atoms with Crippen LogP contribution in [0.1, 0.15) is 160 Å². The maximum atomic E-state index is 15.3. The van der Waals surface area contributed by atoms with Crippen molar-refractivity contribution in [1.29, 1.82) is 0 Å². The number of hydrogen-bond donors (Lipinski definition) is 15. The Morgan fingerprint density at radius 1 is 0.592 bits per heavy atom. The number of guanidine groups is 1. The van der Waals surface area contributed by atoms with Crippen molar-refractivity contribution >= 4 is 121 Å². The summed E-state index contributed by atoms with van der Waals surface area (Å²) in [6.07, 6.45) is 4.18. The third-order valence-corrected chi connectivity index (χ3v) is 24.8. The van der Waals surface area contributed by atoms with Crippen LogP contribution in [0.5, 0.6) is 5.75 Å². The van der Waals surface area contributed by atoms with Crippen LogP contribution in [0.4, 0.5) is 0 Å². The number of nitrogens with two attached hydrogens (primary N) is 3. The van der Waals surface area contributed by atoms with E-state index in [1.165, 1.54) is 48.8 Å². The van der Waals surface area contributed by atoms with Gasteiger partial charge in [-0.15, -0.1) is 0 Å². The van der Waals surface area contributed by atoms with Crippen molar-refractivity contribution in [3.63, 3.8) is 0 Å². The summed E-state index contributed by atoms with van der Waals surface area (Å²) in [6, 6.07) is 6.44. The SMILES string of the molecule is CCC(CO)OC(COC(=O)CCCC(=O)NCCSSCCOCOCOCOCOCOCOCOCOCOCOCOCCC(=O)NCCCCC(NC(=O)[C@H](CC(=O)[C@@H](CO)NC(=O)[C@H](CC(=O)[C@@H](Cc1cnc[nH]1)NC(=O)[C@H]1CCC(=O)C1)Cc1c[nH]c2ccccc12)Cc1ccc(O)cc1)C(=O)C[C@H](CC(C)C)C(=O)N[C@H](CCCN=C(N)N)C(=O)N1CCC[C@H]1C(=O)NCC(N)=O)OC. The molecule has 1 saturated carbocycles. The molecule has 2 aromatic heterocycles. The molecule has 2 aromatic carbocycles. The lowest BCUT2D eigenvalue weighted by atomic mass is 9.87. The molecule has 11 atom stereocenters. The maximum absolute atomic E-state index is 15.3. The van der Waals surface area contributed by atoms with Crippen molar-refractivity contribution in [1.82, 2.24) is 57.1 Å². The predicted molar refractivity (Wildman–Crippen MR) is 512 cm³/mol. The largest absolute Gasteiger partial charge is 0.508 e. The first-order chi connectivity index (χ1) is 68.6. The van der Waals surface area contributed by atoms with Crippen LogP contribution < -0.4 is 54.4 Å². The molecule has 0 radical (unpaired) electrons. The van der Waals surface area contributed by atoms with E-state index in [4.69, 9.17) is 88.3 Å². The second kappa shape index (κ2) is 71.2. The number of methoxy groups -OCH3 is 1. The summed E-state index contributed by atoms with van der Waals surface area (Å²) in [6.45, 7) is 3.14. The molecule has 9 amide bonds. The first kappa shape index (κ1) is 120. The number of aromatic amines is 2. The first-order valence-corrected chi connectivity index (χ1v) is 49.9. The highest BCUT2D eigenvalue weighted by molar-refractivity contribution is 8.76. The van der Waals surface area contributed by atoms with Gasteiger partial charge in [0.05, 0.1) is 63.9 Å². The normalized spacial score (nSPS) is 15.5. The van der Waals surface area contributed by atoms with Gasteiger partial charge in [-0.05, 0) is 119 Å². The quantitative estimate of drug-likeness (QED) is 0.00747. The molecule has 47 nitrogen and oxygen atoms in total. The zero-order valence-corrected chi connectivity index (χ0v) is 82.8. The number of imidazole rings is 1. The highest BCUT2D eigenvalue weighted by Gasteiger charge is 2.41. The smallest absolute Gasteiger partial charge is 0.305 e. The van der Waals surface area contributed by atoms with Crippen LogP contribution in [0, 0.1) is 29.6 Å². The number of para-hydroxylation sites is 1. The van der Waals surface area contributed by atoms with Gasteiger partial charge in [-0.25, -0.2) is 4.98 Å². The van der Waals surface area contributed by atoms with Crippen LogP contribution in [0.2, 0.25) is 0 Å². The molecule has 142 heavy (non-hydrogen) atoms. The zero-order valence-electron chi connectivity index (χ0n) is 81.2. The molecule has 2 aliphatic rings. The van der Waals surface area contributed by atoms with E-state index in [0.29, 0.717) is 67.2 Å². The van der Waals surface area contributed by atoms with Crippen LogP contribution in [0.15, 0.2) is 72.2 Å². The number of esters is 1. The van der Waals surface area contributed by atoms with Crippen LogP contribution >= 0.6 is 21.6 Å². The summed E-state index contributed by atoms with van der Waals surface area (Å²) in [5.41, 5.74) is 18.8. The van der Waals surface area contributed by atoms with Crippen LogP contribution in [0.3, 0.4) is 0 Å². The van der Waals surface area contributed by atoms with Crippen LogP contribution in [-0.2, 0) is 157 Å². The van der Waals surface area contributed by atoms with Crippen molar-refractivity contribution in [3.8, 4) is 5.75 Å². The number of primary amides is 1. The number of likely N-dealkylation sites (tertiary alicyclic amines) is 1. The number of aliphatic hydroxyl groups excluding tert-OH is 2. The highest BCUT2D eigenvalue weighted by Crippen LogP contribution is 2.29. The number of aliphatic hydroxyl groups is 2. The van der Waals surface area contributed by atoms with E-state index in [9.17, 15) is 72.9 Å². The molecule has 18 N–H and O–H groups in total. The number of ketones is 4. The number of aromatic hydroxyl groups is 1. The van der Waals surface area contributed by atoms with Crippen molar-refractivity contribution in [2.24, 2.45) is 51.8 Å². The number of aromatic nitrogens is 3. The number of carbonyl (C=O) groups is 14. The van der Waals surface area contributed by atoms with Crippen molar-refractivity contribution in [2.45, 2.75) is 205 Å². The molecule has 0 spiro atoms. The molecule has 2 fully saturated rings. The summed E-state index contributed by atoms with van der Waals surface area (Å²) >= 11 is 0. The van der Waals surface area contributed by atoms with Gasteiger partial charge in [0.15, 0.2) is 90.7 Å². The number of nitrogens with zero attached hydrogens (tertiary/aromatic N) is 3. The number of phenols is 1. The number of rotatable bonds is 82. The number of nitrogens with one attached hydrogen (secondary N) is 9. The molecular weight excluding hydrogens is 1900 g/mol. The fourth-order valence-electron chi connectivity index (χ4n) is 15.0. The summed E-state index contributed by atoms with van der Waals surface area (Å²) in [7, 11) is 4.57. The molecule has 1 saturated heterocycles. The number of carbonyl (C=O) groups excluding carboxylic acids is 14. The summed E-state index contributed by atoms with van der Waals surface area (Å²) in [5.74, 6) is -11.8. The Morgan fingerprint density at radius 2 is 1.17 bits per heavy atom. The molecule has 0 bridgehead atoms. The van der Waals surface area contributed by atoms with Gasteiger partial charge in [0.25, 0.3) is 0 Å².